The molecule has 0 spiro atoms. The maximum atomic E-state index is 12.6. The lowest BCUT2D eigenvalue weighted by Crippen LogP contribution is -2.47. The molecule has 0 N–H and O–H groups in total. The number of likely N-dealkylation sites (N-methyl/N-ethyl adjacent to an activating group) is 1. The van der Waals surface area contributed by atoms with E-state index in [4.69, 9.17) is 4.52 Å². The molecule has 2 atom stereocenters. The Labute approximate surface area is 138 Å². The van der Waals surface area contributed by atoms with E-state index in [0.717, 1.165) is 44.6 Å². The van der Waals surface area contributed by atoms with E-state index in [9.17, 15) is 4.79 Å². The summed E-state index contributed by atoms with van der Waals surface area (Å²) in [4.78, 5) is 21.5. The average molecular weight is 320 g/mol. The highest BCUT2D eigenvalue weighted by Crippen LogP contribution is 2.29. The molecule has 128 valence electrons. The normalized spacial score (nSPS) is 25.4. The summed E-state index contributed by atoms with van der Waals surface area (Å²) in [6, 6.07) is 0.939. The second-order valence-corrected chi connectivity index (χ2v) is 6.84. The largest absolute Gasteiger partial charge is 0.339 e. The molecule has 1 amide bonds. The fourth-order valence-corrected chi connectivity index (χ4v) is 4.00. The molecule has 0 saturated carbocycles. The van der Waals surface area contributed by atoms with Gasteiger partial charge in [0.15, 0.2) is 5.82 Å². The first-order valence-electron chi connectivity index (χ1n) is 9.00. The maximum absolute atomic E-state index is 12.6. The molecule has 0 radical (unpaired) electrons. The van der Waals surface area contributed by atoms with Gasteiger partial charge in [-0.3, -0.25) is 4.79 Å². The van der Waals surface area contributed by atoms with Crippen molar-refractivity contribution in [3.05, 3.63) is 11.7 Å². The van der Waals surface area contributed by atoms with Crippen LogP contribution in [0.3, 0.4) is 0 Å². The second kappa shape index (κ2) is 7.43. The van der Waals surface area contributed by atoms with Crippen LogP contribution in [0.5, 0.6) is 0 Å². The van der Waals surface area contributed by atoms with E-state index < -0.39 is 0 Å². The number of hydrogen-bond donors (Lipinski definition) is 0. The van der Waals surface area contributed by atoms with Gasteiger partial charge in [0.05, 0.1) is 0 Å². The minimum Gasteiger partial charge on any atom is -0.339 e. The molecule has 23 heavy (non-hydrogen) atoms. The van der Waals surface area contributed by atoms with Crippen molar-refractivity contribution in [1.82, 2.24) is 19.9 Å². The van der Waals surface area contributed by atoms with E-state index in [1.807, 2.05) is 0 Å². The molecule has 2 aliphatic rings. The van der Waals surface area contributed by atoms with E-state index in [0.29, 0.717) is 30.8 Å². The minimum absolute atomic E-state index is 0.239. The number of hydrogen-bond acceptors (Lipinski definition) is 5. The molecule has 0 bridgehead atoms. The van der Waals surface area contributed by atoms with Crippen LogP contribution in [0.15, 0.2) is 4.52 Å². The summed E-state index contributed by atoms with van der Waals surface area (Å²) in [6.07, 6.45) is 7.60. The molecule has 3 rings (SSSR count). The molecule has 6 heteroatoms. The number of aromatic nitrogens is 2. The Balaban J connectivity index is 1.54. The molecule has 3 heterocycles. The van der Waals surface area contributed by atoms with Crippen molar-refractivity contribution in [1.29, 1.82) is 0 Å². The quantitative estimate of drug-likeness (QED) is 0.802. The van der Waals surface area contributed by atoms with Crippen molar-refractivity contribution in [2.75, 3.05) is 20.1 Å². The van der Waals surface area contributed by atoms with Gasteiger partial charge in [0.25, 0.3) is 0 Å². The second-order valence-electron chi connectivity index (χ2n) is 6.84. The summed E-state index contributed by atoms with van der Waals surface area (Å²) in [5, 5.41) is 3.95. The Hall–Kier alpha value is -1.43. The van der Waals surface area contributed by atoms with Crippen molar-refractivity contribution in [2.24, 2.45) is 0 Å². The average Bonchev–Trinajstić information content (AvgIpc) is 3.25. The lowest BCUT2D eigenvalue weighted by Gasteiger charge is -2.33. The van der Waals surface area contributed by atoms with Crippen LogP contribution in [0.4, 0.5) is 0 Å². The van der Waals surface area contributed by atoms with Crippen LogP contribution in [0.25, 0.3) is 0 Å². The van der Waals surface area contributed by atoms with Gasteiger partial charge in [0.1, 0.15) is 0 Å². The molecule has 2 fully saturated rings. The van der Waals surface area contributed by atoms with Crippen LogP contribution < -0.4 is 0 Å². The molecular formula is C17H28N4O2. The third-order valence-electron chi connectivity index (χ3n) is 5.18. The van der Waals surface area contributed by atoms with Crippen molar-refractivity contribution in [3.63, 3.8) is 0 Å². The van der Waals surface area contributed by atoms with E-state index in [1.165, 1.54) is 12.8 Å². The van der Waals surface area contributed by atoms with Crippen molar-refractivity contribution in [2.45, 2.75) is 70.4 Å². The Bertz CT molecular complexity index is 530. The molecule has 2 saturated heterocycles. The number of rotatable bonds is 6. The zero-order chi connectivity index (χ0) is 16.2. The lowest BCUT2D eigenvalue weighted by atomic mass is 10.0. The number of carbonyl (C=O) groups excluding carboxylic acids is 1. The minimum atomic E-state index is 0.239. The molecule has 0 aliphatic carbocycles. The molecule has 6 nitrogen and oxygen atoms in total. The smallest absolute Gasteiger partial charge is 0.227 e. The van der Waals surface area contributed by atoms with Gasteiger partial charge < -0.3 is 14.3 Å². The Kier molecular flexibility index (Phi) is 5.30. The van der Waals surface area contributed by atoms with E-state index >= 15 is 0 Å². The van der Waals surface area contributed by atoms with E-state index in [-0.39, 0.29) is 5.91 Å². The van der Waals surface area contributed by atoms with Crippen LogP contribution >= 0.6 is 0 Å². The lowest BCUT2D eigenvalue weighted by molar-refractivity contribution is -0.133. The highest BCUT2D eigenvalue weighted by Gasteiger charge is 2.38. The summed E-state index contributed by atoms with van der Waals surface area (Å²) in [6.45, 7) is 4.15. The first-order chi connectivity index (χ1) is 11.2. The zero-order valence-electron chi connectivity index (χ0n) is 14.3. The summed E-state index contributed by atoms with van der Waals surface area (Å²) in [5.74, 6) is 1.58. The van der Waals surface area contributed by atoms with Crippen LogP contribution in [-0.4, -0.2) is 58.1 Å². The number of carbonyl (C=O) groups is 1. The van der Waals surface area contributed by atoms with Gasteiger partial charge in [-0.25, -0.2) is 0 Å². The molecule has 2 aliphatic heterocycles. The molecule has 1 aromatic heterocycles. The fraction of sp³-hybridized carbons (Fsp3) is 0.824. The number of amides is 1. The zero-order valence-corrected chi connectivity index (χ0v) is 14.3. The predicted octanol–water partition coefficient (Wildman–Crippen LogP) is 2.04. The van der Waals surface area contributed by atoms with Gasteiger partial charge in [0.2, 0.25) is 11.8 Å². The first-order valence-corrected chi connectivity index (χ1v) is 9.00. The van der Waals surface area contributed by atoms with Crippen LogP contribution in [0.2, 0.25) is 0 Å². The van der Waals surface area contributed by atoms with Gasteiger partial charge in [-0.1, -0.05) is 12.1 Å². The van der Waals surface area contributed by atoms with Gasteiger partial charge >= 0.3 is 0 Å². The van der Waals surface area contributed by atoms with Crippen molar-refractivity contribution >= 4 is 5.91 Å². The Morgan fingerprint density at radius 1 is 1.22 bits per heavy atom. The molecule has 0 aromatic carbocycles. The summed E-state index contributed by atoms with van der Waals surface area (Å²) in [5.41, 5.74) is 0. The van der Waals surface area contributed by atoms with E-state index in [1.54, 1.807) is 0 Å². The van der Waals surface area contributed by atoms with Gasteiger partial charge in [0, 0.05) is 37.9 Å². The number of aryl methyl sites for hydroxylation is 2. The standard InChI is InChI=1S/C17H28N4O2/c1-3-6-15-18-16(23-19-15)9-10-17(22)21-12-5-8-14(21)13-7-4-11-20(13)2/h13-14H,3-12H2,1-2H3. The maximum Gasteiger partial charge on any atom is 0.227 e. The van der Waals surface area contributed by atoms with Gasteiger partial charge in [-0.05, 0) is 45.7 Å². The topological polar surface area (TPSA) is 62.5 Å². The van der Waals surface area contributed by atoms with Gasteiger partial charge in [-0.2, -0.15) is 4.98 Å². The monoisotopic (exact) mass is 320 g/mol. The number of likely N-dealkylation sites (tertiary alicyclic amines) is 2. The third-order valence-corrected chi connectivity index (χ3v) is 5.18. The summed E-state index contributed by atoms with van der Waals surface area (Å²) >= 11 is 0. The molecular weight excluding hydrogens is 292 g/mol. The third kappa shape index (κ3) is 3.74. The first kappa shape index (κ1) is 16.4. The fourth-order valence-electron chi connectivity index (χ4n) is 4.00. The summed E-state index contributed by atoms with van der Waals surface area (Å²) in [7, 11) is 2.19. The summed E-state index contributed by atoms with van der Waals surface area (Å²) < 4.78 is 5.23. The predicted molar refractivity (Wildman–Crippen MR) is 87.0 cm³/mol. The van der Waals surface area contributed by atoms with Gasteiger partial charge in [-0.15, -0.1) is 0 Å². The number of nitrogens with zero attached hydrogens (tertiary/aromatic N) is 4. The Morgan fingerprint density at radius 2 is 2.00 bits per heavy atom. The van der Waals surface area contributed by atoms with Crippen molar-refractivity contribution < 1.29 is 9.32 Å². The Morgan fingerprint density at radius 3 is 2.74 bits per heavy atom. The molecule has 1 aromatic rings. The van der Waals surface area contributed by atoms with Crippen molar-refractivity contribution in [3.8, 4) is 0 Å². The highest BCUT2D eigenvalue weighted by atomic mass is 16.5. The highest BCUT2D eigenvalue weighted by molar-refractivity contribution is 5.77. The van der Waals surface area contributed by atoms with Crippen LogP contribution in [0, 0.1) is 0 Å². The van der Waals surface area contributed by atoms with Crippen LogP contribution in [-0.2, 0) is 17.6 Å². The van der Waals surface area contributed by atoms with Crippen LogP contribution in [0.1, 0.15) is 57.2 Å². The van der Waals surface area contributed by atoms with E-state index in [2.05, 4.69) is 33.9 Å². The molecule has 2 unspecified atom stereocenters. The SMILES string of the molecule is CCCc1noc(CCC(=O)N2CCCC2C2CCCN2C)n1.